The summed E-state index contributed by atoms with van der Waals surface area (Å²) in [5.41, 5.74) is 7.08. The molecular formula is C16H24N2O2. The van der Waals surface area contributed by atoms with Crippen LogP contribution in [0.3, 0.4) is 0 Å². The molecule has 2 rings (SSSR count). The molecule has 1 aromatic rings. The van der Waals surface area contributed by atoms with Gasteiger partial charge in [0.05, 0.1) is 0 Å². The van der Waals surface area contributed by atoms with Crippen LogP contribution < -0.4 is 11.1 Å². The topological polar surface area (TPSA) is 75.4 Å². The van der Waals surface area contributed by atoms with E-state index in [1.54, 1.807) is 12.1 Å². The minimum Gasteiger partial charge on any atom is -0.508 e. The molecule has 0 bridgehead atoms. The average Bonchev–Trinajstić information content (AvgIpc) is 2.41. The fraction of sp³-hybridized carbons (Fsp3) is 0.562. The summed E-state index contributed by atoms with van der Waals surface area (Å²) < 4.78 is 0. The fourth-order valence-corrected chi connectivity index (χ4v) is 2.82. The second kappa shape index (κ2) is 6.75. The van der Waals surface area contributed by atoms with Gasteiger partial charge in [-0.1, -0.05) is 31.4 Å². The van der Waals surface area contributed by atoms with Crippen molar-refractivity contribution in [1.29, 1.82) is 0 Å². The van der Waals surface area contributed by atoms with Crippen molar-refractivity contribution >= 4 is 5.91 Å². The van der Waals surface area contributed by atoms with Gasteiger partial charge >= 0.3 is 0 Å². The molecule has 0 aliphatic heterocycles. The van der Waals surface area contributed by atoms with Crippen LogP contribution in [-0.2, 0) is 11.2 Å². The summed E-state index contributed by atoms with van der Waals surface area (Å²) in [5.74, 6) is 0.313. The molecular weight excluding hydrogens is 252 g/mol. The highest BCUT2D eigenvalue weighted by molar-refractivity contribution is 5.77. The number of nitrogens with one attached hydrogen (secondary N) is 1. The summed E-state index contributed by atoms with van der Waals surface area (Å²) in [6.45, 7) is 0.611. The molecule has 110 valence electrons. The summed E-state index contributed by atoms with van der Waals surface area (Å²) in [7, 11) is 0. The Morgan fingerprint density at radius 2 is 1.85 bits per heavy atom. The molecule has 1 saturated carbocycles. The van der Waals surface area contributed by atoms with Gasteiger partial charge in [0.25, 0.3) is 0 Å². The van der Waals surface area contributed by atoms with Gasteiger partial charge < -0.3 is 16.2 Å². The third-order valence-corrected chi connectivity index (χ3v) is 4.03. The minimum absolute atomic E-state index is 0.0492. The monoisotopic (exact) mass is 276 g/mol. The third-order valence-electron chi connectivity index (χ3n) is 4.03. The van der Waals surface area contributed by atoms with Gasteiger partial charge in [0.1, 0.15) is 5.75 Å². The van der Waals surface area contributed by atoms with Crippen LogP contribution in [0.5, 0.6) is 5.75 Å². The van der Waals surface area contributed by atoms with Crippen molar-refractivity contribution in [3.05, 3.63) is 29.8 Å². The molecule has 1 aromatic carbocycles. The minimum atomic E-state index is -0.291. The SMILES string of the molecule is NC1(CC(=O)NCCc2ccc(O)cc2)CCCCC1. The lowest BCUT2D eigenvalue weighted by atomic mass is 9.80. The van der Waals surface area contributed by atoms with Crippen molar-refractivity contribution in [3.8, 4) is 5.75 Å². The fourth-order valence-electron chi connectivity index (χ4n) is 2.82. The molecule has 0 atom stereocenters. The van der Waals surface area contributed by atoms with Crippen LogP contribution in [0.2, 0.25) is 0 Å². The van der Waals surface area contributed by atoms with Crippen LogP contribution in [0.1, 0.15) is 44.1 Å². The first kappa shape index (κ1) is 14.9. The van der Waals surface area contributed by atoms with E-state index < -0.39 is 0 Å². The zero-order valence-electron chi connectivity index (χ0n) is 11.9. The van der Waals surface area contributed by atoms with Gasteiger partial charge in [-0.05, 0) is 37.0 Å². The average molecular weight is 276 g/mol. The van der Waals surface area contributed by atoms with Crippen molar-refractivity contribution in [2.45, 2.75) is 50.5 Å². The van der Waals surface area contributed by atoms with E-state index in [0.29, 0.717) is 13.0 Å². The zero-order valence-corrected chi connectivity index (χ0v) is 11.9. The molecule has 0 aromatic heterocycles. The molecule has 1 fully saturated rings. The van der Waals surface area contributed by atoms with Crippen molar-refractivity contribution in [2.75, 3.05) is 6.54 Å². The van der Waals surface area contributed by atoms with E-state index in [2.05, 4.69) is 5.32 Å². The number of carbonyl (C=O) groups is 1. The normalized spacial score (nSPS) is 17.6. The first-order chi connectivity index (χ1) is 9.57. The van der Waals surface area contributed by atoms with Gasteiger partial charge in [-0.25, -0.2) is 0 Å². The molecule has 4 heteroatoms. The highest BCUT2D eigenvalue weighted by Crippen LogP contribution is 2.28. The molecule has 1 amide bonds. The predicted molar refractivity (Wildman–Crippen MR) is 79.4 cm³/mol. The molecule has 4 N–H and O–H groups in total. The number of benzene rings is 1. The van der Waals surface area contributed by atoms with E-state index >= 15 is 0 Å². The molecule has 0 unspecified atom stereocenters. The second-order valence-corrected chi connectivity index (χ2v) is 5.87. The number of amides is 1. The molecule has 0 heterocycles. The first-order valence-corrected chi connectivity index (χ1v) is 7.41. The van der Waals surface area contributed by atoms with Crippen molar-refractivity contribution in [1.82, 2.24) is 5.32 Å². The largest absolute Gasteiger partial charge is 0.508 e. The highest BCUT2D eigenvalue weighted by Gasteiger charge is 2.29. The Morgan fingerprint density at radius 3 is 2.50 bits per heavy atom. The molecule has 1 aliphatic rings. The number of rotatable bonds is 5. The molecule has 1 aliphatic carbocycles. The van der Waals surface area contributed by atoms with Crippen molar-refractivity contribution in [2.24, 2.45) is 5.73 Å². The number of hydrogen-bond acceptors (Lipinski definition) is 3. The van der Waals surface area contributed by atoms with Crippen LogP contribution in [-0.4, -0.2) is 23.1 Å². The van der Waals surface area contributed by atoms with Gasteiger partial charge in [-0.15, -0.1) is 0 Å². The van der Waals surface area contributed by atoms with Crippen LogP contribution in [0.15, 0.2) is 24.3 Å². The maximum Gasteiger partial charge on any atom is 0.221 e. The number of aromatic hydroxyl groups is 1. The van der Waals surface area contributed by atoms with Crippen LogP contribution in [0.4, 0.5) is 0 Å². The van der Waals surface area contributed by atoms with E-state index in [9.17, 15) is 9.90 Å². The number of phenolic OH excluding ortho intramolecular Hbond substituents is 1. The predicted octanol–water partition coefficient (Wildman–Crippen LogP) is 2.10. The van der Waals surface area contributed by atoms with Crippen LogP contribution >= 0.6 is 0 Å². The van der Waals surface area contributed by atoms with Crippen LogP contribution in [0, 0.1) is 0 Å². The smallest absolute Gasteiger partial charge is 0.221 e. The standard InChI is InChI=1S/C16H24N2O2/c17-16(9-2-1-3-10-16)12-15(20)18-11-8-13-4-6-14(19)7-5-13/h4-7,19H,1-3,8-12,17H2,(H,18,20). The van der Waals surface area contributed by atoms with E-state index in [-0.39, 0.29) is 17.2 Å². The van der Waals surface area contributed by atoms with Crippen molar-refractivity contribution in [3.63, 3.8) is 0 Å². The van der Waals surface area contributed by atoms with Gasteiger partial charge in [-0.3, -0.25) is 4.79 Å². The first-order valence-electron chi connectivity index (χ1n) is 7.41. The molecule has 20 heavy (non-hydrogen) atoms. The molecule has 4 nitrogen and oxygen atoms in total. The van der Waals surface area contributed by atoms with Gasteiger partial charge in [0.2, 0.25) is 5.91 Å². The Balaban J connectivity index is 1.71. The number of hydrogen-bond donors (Lipinski definition) is 3. The summed E-state index contributed by atoms with van der Waals surface area (Å²) in [5, 5.41) is 12.1. The maximum absolute atomic E-state index is 11.9. The van der Waals surface area contributed by atoms with Gasteiger partial charge in [-0.2, -0.15) is 0 Å². The van der Waals surface area contributed by atoms with Crippen molar-refractivity contribution < 1.29 is 9.90 Å². The number of nitrogens with two attached hydrogens (primary N) is 1. The Bertz CT molecular complexity index is 436. The Hall–Kier alpha value is -1.55. The lowest BCUT2D eigenvalue weighted by molar-refractivity contribution is -0.122. The van der Waals surface area contributed by atoms with Gasteiger partial charge in [0.15, 0.2) is 0 Å². The van der Waals surface area contributed by atoms with Gasteiger partial charge in [0, 0.05) is 18.5 Å². The van der Waals surface area contributed by atoms with E-state index in [1.807, 2.05) is 12.1 Å². The molecule has 0 saturated heterocycles. The maximum atomic E-state index is 11.9. The number of carbonyl (C=O) groups excluding carboxylic acids is 1. The molecule has 0 spiro atoms. The summed E-state index contributed by atoms with van der Waals surface area (Å²) in [4.78, 5) is 11.9. The summed E-state index contributed by atoms with van der Waals surface area (Å²) in [6, 6.07) is 7.06. The zero-order chi connectivity index (χ0) is 14.4. The Kier molecular flexibility index (Phi) is 5.01. The van der Waals surface area contributed by atoms with Crippen LogP contribution in [0.25, 0.3) is 0 Å². The quantitative estimate of drug-likeness (QED) is 0.771. The lowest BCUT2D eigenvalue weighted by Gasteiger charge is -2.32. The van der Waals surface area contributed by atoms with E-state index in [0.717, 1.165) is 37.7 Å². The Morgan fingerprint density at radius 1 is 1.20 bits per heavy atom. The lowest BCUT2D eigenvalue weighted by Crippen LogP contribution is -2.46. The van der Waals surface area contributed by atoms with E-state index in [4.69, 9.17) is 5.73 Å². The van der Waals surface area contributed by atoms with E-state index in [1.165, 1.54) is 6.42 Å². The highest BCUT2D eigenvalue weighted by atomic mass is 16.3. The number of phenols is 1. The second-order valence-electron chi connectivity index (χ2n) is 5.87. The summed E-state index contributed by atoms with van der Waals surface area (Å²) >= 11 is 0. The summed E-state index contributed by atoms with van der Waals surface area (Å²) in [6.07, 6.45) is 6.62. The Labute approximate surface area is 120 Å². The third kappa shape index (κ3) is 4.53. The molecule has 0 radical (unpaired) electrons.